The second-order valence-corrected chi connectivity index (χ2v) is 13.6. The maximum Gasteiger partial charge on any atom is 0.0740 e. The van der Waals surface area contributed by atoms with E-state index in [0.29, 0.717) is 11.8 Å². The number of hydrogen-bond donors (Lipinski definition) is 0. The Kier molecular flexibility index (Phi) is 12.9. The van der Waals surface area contributed by atoms with Crippen LogP contribution in [0.15, 0.2) is 19.7 Å². The molecule has 2 rings (SSSR count). The summed E-state index contributed by atoms with van der Waals surface area (Å²) < 4.78 is 2.65. The molecular formula is C26H40Br2S2. The number of rotatable bonds is 15. The second kappa shape index (κ2) is 14.5. The van der Waals surface area contributed by atoms with Crippen LogP contribution in [0.25, 0.3) is 9.75 Å². The molecule has 2 aromatic rings. The minimum Gasteiger partial charge on any atom is -0.127 e. The van der Waals surface area contributed by atoms with Crippen LogP contribution in [0.4, 0.5) is 0 Å². The van der Waals surface area contributed by atoms with Crippen molar-refractivity contribution < 1.29 is 0 Å². The van der Waals surface area contributed by atoms with E-state index < -0.39 is 0 Å². The van der Waals surface area contributed by atoms with E-state index in [1.807, 2.05) is 22.7 Å². The predicted molar refractivity (Wildman–Crippen MR) is 147 cm³/mol. The van der Waals surface area contributed by atoms with Gasteiger partial charge in [-0.05, 0) is 79.8 Å². The van der Waals surface area contributed by atoms with Crippen LogP contribution in [0.3, 0.4) is 0 Å². The fraction of sp³-hybridized carbons (Fsp3) is 0.692. The summed E-state index contributed by atoms with van der Waals surface area (Å²) in [4.78, 5) is 2.84. The minimum absolute atomic E-state index is 0.635. The van der Waals surface area contributed by atoms with Gasteiger partial charge in [-0.3, -0.25) is 0 Å². The van der Waals surface area contributed by atoms with Gasteiger partial charge in [-0.15, -0.1) is 22.7 Å². The lowest BCUT2D eigenvalue weighted by molar-refractivity contribution is 0.567. The molecular weight excluding hydrogens is 536 g/mol. The van der Waals surface area contributed by atoms with Crippen molar-refractivity contribution in [3.63, 3.8) is 0 Å². The number of thiophene rings is 2. The Morgan fingerprint density at radius 3 is 1.37 bits per heavy atom. The molecule has 170 valence electrons. The van der Waals surface area contributed by atoms with E-state index in [4.69, 9.17) is 0 Å². The summed E-state index contributed by atoms with van der Waals surface area (Å²) in [6.07, 6.45) is 16.3. The van der Waals surface area contributed by atoms with Gasteiger partial charge in [0.25, 0.3) is 0 Å². The Hall–Kier alpha value is 0.360. The van der Waals surface area contributed by atoms with Gasteiger partial charge >= 0.3 is 0 Å². The van der Waals surface area contributed by atoms with Gasteiger partial charge in [0, 0.05) is 9.75 Å². The highest BCUT2D eigenvalue weighted by Crippen LogP contribution is 2.45. The van der Waals surface area contributed by atoms with Crippen LogP contribution in [0, 0.1) is 0 Å². The highest BCUT2D eigenvalue weighted by Gasteiger charge is 2.19. The normalized spacial score (nSPS) is 13.7. The van der Waals surface area contributed by atoms with Crippen molar-refractivity contribution in [1.29, 1.82) is 0 Å². The maximum atomic E-state index is 3.87. The van der Waals surface area contributed by atoms with E-state index in [-0.39, 0.29) is 0 Å². The Balaban J connectivity index is 1.96. The fourth-order valence-corrected chi connectivity index (χ4v) is 8.24. The largest absolute Gasteiger partial charge is 0.127 e. The van der Waals surface area contributed by atoms with Gasteiger partial charge in [-0.2, -0.15) is 0 Å². The molecule has 0 saturated carbocycles. The van der Waals surface area contributed by atoms with Gasteiger partial charge in [-0.1, -0.05) is 91.9 Å². The van der Waals surface area contributed by atoms with Crippen molar-refractivity contribution in [3.05, 3.63) is 30.8 Å². The Morgan fingerprint density at radius 2 is 1.00 bits per heavy atom. The first-order valence-electron chi connectivity index (χ1n) is 12.1. The van der Waals surface area contributed by atoms with Crippen LogP contribution in [0.1, 0.15) is 128 Å². The highest BCUT2D eigenvalue weighted by molar-refractivity contribution is 9.11. The van der Waals surface area contributed by atoms with E-state index in [9.17, 15) is 0 Å². The smallest absolute Gasteiger partial charge is 0.0740 e. The van der Waals surface area contributed by atoms with Crippen LogP contribution in [-0.4, -0.2) is 0 Å². The van der Waals surface area contributed by atoms with Gasteiger partial charge in [0.15, 0.2) is 0 Å². The van der Waals surface area contributed by atoms with Gasteiger partial charge in [-0.25, -0.2) is 0 Å². The Bertz CT molecular complexity index is 669. The summed E-state index contributed by atoms with van der Waals surface area (Å²) in [5.74, 6) is 1.27. The summed E-state index contributed by atoms with van der Waals surface area (Å²) in [5.41, 5.74) is 3.00. The van der Waals surface area contributed by atoms with Gasteiger partial charge in [0.05, 0.1) is 7.57 Å². The molecule has 0 amide bonds. The lowest BCUT2D eigenvalue weighted by atomic mass is 9.96. The SMILES string of the molecule is CCCCCCCC(C)c1cc(-c2cc(C(C)CCCCCCC)c(Br)s2)sc1Br. The van der Waals surface area contributed by atoms with E-state index >= 15 is 0 Å². The van der Waals surface area contributed by atoms with E-state index in [1.165, 1.54) is 106 Å². The first-order valence-corrected chi connectivity index (χ1v) is 15.3. The van der Waals surface area contributed by atoms with Crippen LogP contribution in [0.2, 0.25) is 0 Å². The topological polar surface area (TPSA) is 0 Å². The molecule has 0 spiro atoms. The first kappa shape index (κ1) is 26.6. The fourth-order valence-electron chi connectivity index (χ4n) is 4.10. The zero-order valence-electron chi connectivity index (χ0n) is 19.4. The van der Waals surface area contributed by atoms with Gasteiger partial charge < -0.3 is 0 Å². The first-order chi connectivity index (χ1) is 14.5. The van der Waals surface area contributed by atoms with Crippen molar-refractivity contribution in [2.45, 2.75) is 117 Å². The average Bonchev–Trinajstić information content (AvgIpc) is 3.30. The molecule has 0 aliphatic rings. The molecule has 0 bridgehead atoms. The van der Waals surface area contributed by atoms with Crippen LogP contribution < -0.4 is 0 Å². The minimum atomic E-state index is 0.635. The maximum absolute atomic E-state index is 3.87. The molecule has 0 nitrogen and oxygen atoms in total. The molecule has 0 aliphatic heterocycles. The molecule has 2 unspecified atom stereocenters. The summed E-state index contributed by atoms with van der Waals surface area (Å²) in [6.45, 7) is 9.37. The third-order valence-corrected chi connectivity index (χ3v) is 10.2. The average molecular weight is 577 g/mol. The monoisotopic (exact) mass is 574 g/mol. The van der Waals surface area contributed by atoms with Crippen LogP contribution >= 0.6 is 54.5 Å². The summed E-state index contributed by atoms with van der Waals surface area (Å²) in [5, 5.41) is 0. The lowest BCUT2D eigenvalue weighted by Gasteiger charge is -2.10. The zero-order valence-corrected chi connectivity index (χ0v) is 24.2. The molecule has 4 heteroatoms. The lowest BCUT2D eigenvalue weighted by Crippen LogP contribution is -1.93. The van der Waals surface area contributed by atoms with Crippen molar-refractivity contribution in [1.82, 2.24) is 0 Å². The van der Waals surface area contributed by atoms with E-state index in [2.05, 4.69) is 71.7 Å². The zero-order chi connectivity index (χ0) is 21.9. The van der Waals surface area contributed by atoms with Crippen molar-refractivity contribution in [2.75, 3.05) is 0 Å². The molecule has 0 saturated heterocycles. The van der Waals surface area contributed by atoms with Crippen LogP contribution in [-0.2, 0) is 0 Å². The number of hydrogen-bond acceptors (Lipinski definition) is 2. The van der Waals surface area contributed by atoms with Crippen molar-refractivity contribution in [2.24, 2.45) is 0 Å². The van der Waals surface area contributed by atoms with Gasteiger partial charge in [0.2, 0.25) is 0 Å². The molecule has 2 atom stereocenters. The Labute approximate surface area is 210 Å². The van der Waals surface area contributed by atoms with E-state index in [0.717, 1.165) is 0 Å². The second-order valence-electron chi connectivity index (χ2n) is 8.89. The molecule has 30 heavy (non-hydrogen) atoms. The summed E-state index contributed by atoms with van der Waals surface area (Å²) >= 11 is 11.6. The van der Waals surface area contributed by atoms with Crippen molar-refractivity contribution >= 4 is 54.5 Å². The molecule has 2 heterocycles. The number of halogens is 2. The Morgan fingerprint density at radius 1 is 0.633 bits per heavy atom. The van der Waals surface area contributed by atoms with Gasteiger partial charge in [0.1, 0.15) is 0 Å². The van der Waals surface area contributed by atoms with Crippen LogP contribution in [0.5, 0.6) is 0 Å². The highest BCUT2D eigenvalue weighted by atomic mass is 79.9. The summed E-state index contributed by atoms with van der Waals surface area (Å²) in [7, 11) is 0. The molecule has 0 radical (unpaired) electrons. The standard InChI is InChI=1S/C26H40Br2S2/c1-5-7-9-11-13-15-19(3)21-17-23(29-25(21)27)24-18-22(26(28)30-24)20(4)16-14-12-10-8-6-2/h17-20H,5-16H2,1-4H3. The third-order valence-electron chi connectivity index (χ3n) is 6.21. The molecule has 0 aromatic carbocycles. The third kappa shape index (κ3) is 8.37. The molecule has 2 aromatic heterocycles. The predicted octanol–water partition coefficient (Wildman–Crippen LogP) is 11.9. The van der Waals surface area contributed by atoms with E-state index in [1.54, 1.807) is 0 Å². The molecule has 0 aliphatic carbocycles. The van der Waals surface area contributed by atoms with Crippen molar-refractivity contribution in [3.8, 4) is 9.75 Å². The molecule has 0 N–H and O–H groups in total. The quantitative estimate of drug-likeness (QED) is 0.185. The number of unbranched alkanes of at least 4 members (excludes halogenated alkanes) is 8. The molecule has 0 fully saturated rings. The summed E-state index contributed by atoms with van der Waals surface area (Å²) in [6, 6.07) is 4.89.